The molecule has 4 nitrogen and oxygen atoms in total. The molecule has 1 atom stereocenters. The molecule has 0 heterocycles. The first kappa shape index (κ1) is 18.7. The molecule has 0 aromatic rings. The van der Waals surface area contributed by atoms with Crippen molar-refractivity contribution in [1.29, 1.82) is 0 Å². The minimum absolute atomic E-state index is 0. The van der Waals surface area contributed by atoms with E-state index in [1.54, 1.807) is 0 Å². The van der Waals surface area contributed by atoms with Gasteiger partial charge in [0.25, 0.3) is 0 Å². The summed E-state index contributed by atoms with van der Waals surface area (Å²) in [6, 6.07) is 0. The van der Waals surface area contributed by atoms with E-state index in [1.165, 1.54) is 12.8 Å². The summed E-state index contributed by atoms with van der Waals surface area (Å²) in [5.74, 6) is -0.293. The first-order valence-corrected chi connectivity index (χ1v) is 5.65. The Labute approximate surface area is 120 Å². The topological polar surface area (TPSA) is 66.8 Å². The number of carbonyl (C=O) groups is 1. The average Bonchev–Trinajstić information content (AvgIpc) is 2.25. The minimum atomic E-state index is -0.950. The van der Waals surface area contributed by atoms with Gasteiger partial charge in [0.05, 0.1) is 6.61 Å². The molecule has 0 fully saturated rings. The molecule has 0 aromatic carbocycles. The van der Waals surface area contributed by atoms with Crippen LogP contribution in [0, 0.1) is 0 Å². The van der Waals surface area contributed by atoms with Gasteiger partial charge in [-0.3, -0.25) is 4.79 Å². The van der Waals surface area contributed by atoms with Crippen LogP contribution in [0.3, 0.4) is 0 Å². The zero-order valence-corrected chi connectivity index (χ0v) is 9.45. The summed E-state index contributed by atoms with van der Waals surface area (Å²) >= 11 is 0. The van der Waals surface area contributed by atoms with Crippen LogP contribution >= 0.6 is 0 Å². The molecule has 0 saturated carbocycles. The van der Waals surface area contributed by atoms with Crippen LogP contribution in [0.25, 0.3) is 0 Å². The van der Waals surface area contributed by atoms with Crippen molar-refractivity contribution in [1.82, 2.24) is 0 Å². The zero-order chi connectivity index (χ0) is 11.5. The van der Waals surface area contributed by atoms with Crippen molar-refractivity contribution >= 4 is 35.5 Å². The van der Waals surface area contributed by atoms with Gasteiger partial charge < -0.3 is 14.9 Å². The number of aliphatic hydroxyl groups excluding tert-OH is 2. The van der Waals surface area contributed by atoms with Gasteiger partial charge in [0.1, 0.15) is 12.7 Å². The van der Waals surface area contributed by atoms with Crippen LogP contribution in [0.15, 0.2) is 0 Å². The third-order valence-corrected chi connectivity index (χ3v) is 2.13. The standard InChI is InChI=1S/C11H22O4.Na.H/c1-2-3-4-5-6-7-11(14)15-9-10(13)8-12;;/h10,12-13H,2-9H2,1H3;;. The molecule has 0 bridgehead atoms. The molecule has 0 saturated heterocycles. The van der Waals surface area contributed by atoms with Crippen molar-refractivity contribution in [2.75, 3.05) is 13.2 Å². The van der Waals surface area contributed by atoms with E-state index in [2.05, 4.69) is 6.92 Å². The second-order valence-electron chi connectivity index (χ2n) is 3.68. The Morgan fingerprint density at radius 1 is 1.25 bits per heavy atom. The van der Waals surface area contributed by atoms with Crippen LogP contribution in [-0.2, 0) is 9.53 Å². The van der Waals surface area contributed by atoms with Gasteiger partial charge in [-0.25, -0.2) is 0 Å². The number of hydrogen-bond donors (Lipinski definition) is 2. The quantitative estimate of drug-likeness (QED) is 0.353. The molecule has 2 N–H and O–H groups in total. The Morgan fingerprint density at radius 2 is 1.88 bits per heavy atom. The zero-order valence-electron chi connectivity index (χ0n) is 9.45. The molecule has 0 aromatic heterocycles. The maximum atomic E-state index is 11.1. The van der Waals surface area contributed by atoms with Gasteiger partial charge in [-0.2, -0.15) is 0 Å². The van der Waals surface area contributed by atoms with E-state index in [4.69, 9.17) is 14.9 Å². The third kappa shape index (κ3) is 12.5. The molecule has 0 spiro atoms. The summed E-state index contributed by atoms with van der Waals surface area (Å²) in [5.41, 5.74) is 0. The van der Waals surface area contributed by atoms with Crippen LogP contribution in [0.1, 0.15) is 45.4 Å². The van der Waals surface area contributed by atoms with E-state index >= 15 is 0 Å². The monoisotopic (exact) mass is 242 g/mol. The fourth-order valence-corrected chi connectivity index (χ4v) is 1.19. The number of hydrogen-bond acceptors (Lipinski definition) is 4. The third-order valence-electron chi connectivity index (χ3n) is 2.13. The summed E-state index contributed by atoms with van der Waals surface area (Å²) in [5, 5.41) is 17.4. The number of rotatable bonds is 9. The van der Waals surface area contributed by atoms with Crippen LogP contribution in [-0.4, -0.2) is 65.1 Å². The van der Waals surface area contributed by atoms with Gasteiger partial charge in [0.2, 0.25) is 0 Å². The first-order valence-electron chi connectivity index (χ1n) is 5.65. The molecular weight excluding hydrogens is 219 g/mol. The molecule has 5 heteroatoms. The van der Waals surface area contributed by atoms with Crippen molar-refractivity contribution < 1.29 is 19.7 Å². The Bertz CT molecular complexity index is 164. The molecular formula is C11H23NaO4. The first-order chi connectivity index (χ1) is 7.20. The number of aliphatic hydroxyl groups is 2. The Balaban J connectivity index is 0. The summed E-state index contributed by atoms with van der Waals surface area (Å²) < 4.78 is 4.75. The summed E-state index contributed by atoms with van der Waals surface area (Å²) in [6.45, 7) is 1.67. The van der Waals surface area contributed by atoms with Gasteiger partial charge in [0, 0.05) is 6.42 Å². The van der Waals surface area contributed by atoms with Crippen molar-refractivity contribution in [2.24, 2.45) is 0 Å². The summed E-state index contributed by atoms with van der Waals surface area (Å²) in [4.78, 5) is 11.1. The van der Waals surface area contributed by atoms with Crippen molar-refractivity contribution in [2.45, 2.75) is 51.6 Å². The van der Waals surface area contributed by atoms with E-state index in [-0.39, 0.29) is 48.7 Å². The molecule has 0 radical (unpaired) electrons. The molecule has 0 amide bonds. The van der Waals surface area contributed by atoms with Gasteiger partial charge in [-0.1, -0.05) is 32.6 Å². The van der Waals surface area contributed by atoms with Crippen LogP contribution in [0.5, 0.6) is 0 Å². The predicted octanol–water partition coefficient (Wildman–Crippen LogP) is 0.595. The van der Waals surface area contributed by atoms with E-state index in [9.17, 15) is 4.79 Å². The van der Waals surface area contributed by atoms with E-state index in [1.807, 2.05) is 0 Å². The average molecular weight is 242 g/mol. The summed E-state index contributed by atoms with van der Waals surface area (Å²) in [6.07, 6.45) is 4.89. The number of esters is 1. The summed E-state index contributed by atoms with van der Waals surface area (Å²) in [7, 11) is 0. The van der Waals surface area contributed by atoms with Crippen molar-refractivity contribution in [3.63, 3.8) is 0 Å². The van der Waals surface area contributed by atoms with E-state index in [0.717, 1.165) is 19.3 Å². The molecule has 0 aliphatic heterocycles. The Hall–Kier alpha value is 0.390. The van der Waals surface area contributed by atoms with Crippen molar-refractivity contribution in [3.05, 3.63) is 0 Å². The fourth-order valence-electron chi connectivity index (χ4n) is 1.19. The van der Waals surface area contributed by atoms with Crippen LogP contribution in [0.4, 0.5) is 0 Å². The van der Waals surface area contributed by atoms with Gasteiger partial charge >= 0.3 is 35.5 Å². The van der Waals surface area contributed by atoms with E-state index < -0.39 is 6.10 Å². The van der Waals surface area contributed by atoms with Crippen LogP contribution in [0.2, 0.25) is 0 Å². The molecule has 0 aliphatic rings. The number of ether oxygens (including phenoxy) is 1. The van der Waals surface area contributed by atoms with Gasteiger partial charge in [-0.15, -0.1) is 0 Å². The SMILES string of the molecule is CCCCCCCC(=O)OCC(O)CO.[NaH]. The van der Waals surface area contributed by atoms with Gasteiger partial charge in [0.15, 0.2) is 0 Å². The molecule has 16 heavy (non-hydrogen) atoms. The van der Waals surface area contributed by atoms with Crippen LogP contribution < -0.4 is 0 Å². The van der Waals surface area contributed by atoms with E-state index in [0.29, 0.717) is 6.42 Å². The second kappa shape index (κ2) is 13.5. The molecule has 0 rings (SSSR count). The number of carbonyl (C=O) groups excluding carboxylic acids is 1. The molecule has 1 unspecified atom stereocenters. The number of unbranched alkanes of at least 4 members (excludes halogenated alkanes) is 4. The molecule has 0 aliphatic carbocycles. The maximum absolute atomic E-state index is 11.1. The fraction of sp³-hybridized carbons (Fsp3) is 0.909. The van der Waals surface area contributed by atoms with Gasteiger partial charge in [-0.05, 0) is 6.42 Å². The normalized spacial score (nSPS) is 11.7. The second-order valence-corrected chi connectivity index (χ2v) is 3.68. The Morgan fingerprint density at radius 3 is 2.44 bits per heavy atom. The predicted molar refractivity (Wildman–Crippen MR) is 64.6 cm³/mol. The molecule has 92 valence electrons. The Kier molecular flexibility index (Phi) is 15.8. The van der Waals surface area contributed by atoms with Crippen molar-refractivity contribution in [3.8, 4) is 0 Å².